The third-order valence-corrected chi connectivity index (χ3v) is 12.2. The van der Waals surface area contributed by atoms with Gasteiger partial charge in [-0.1, -0.05) is 121 Å². The van der Waals surface area contributed by atoms with E-state index in [1.165, 1.54) is 10.8 Å². The first-order chi connectivity index (χ1) is 31.2. The van der Waals surface area contributed by atoms with Crippen LogP contribution in [0.5, 0.6) is 0 Å². The number of para-hydroxylation sites is 2. The quantitative estimate of drug-likeness (QED) is 0.167. The molecule has 0 atom stereocenters. The van der Waals surface area contributed by atoms with E-state index in [2.05, 4.69) is 172 Å². The molecule has 0 aliphatic rings. The molecular formula is C56H34N6O. The van der Waals surface area contributed by atoms with Gasteiger partial charge in [-0.3, -0.25) is 14.1 Å². The minimum atomic E-state index is 0.683. The Morgan fingerprint density at radius 2 is 0.984 bits per heavy atom. The number of pyridine rings is 2. The smallest absolute Gasteiger partial charge is 0.162 e. The van der Waals surface area contributed by atoms with Crippen LogP contribution in [0.2, 0.25) is 0 Å². The second kappa shape index (κ2) is 13.9. The van der Waals surface area contributed by atoms with E-state index in [9.17, 15) is 0 Å². The average Bonchev–Trinajstić information content (AvgIpc) is 4.01. The standard InChI is InChI=1S/C56H34N6O/c1-3-13-35(14-4-1)46-34-54(60-56(59-46)36-15-5-2-6-16-36)61-48-21-10-8-18-41(48)43-31-37(25-28-49(43)61)38-24-27-42-40-17-7-9-20-47(40)62(50(42)33-38)53-23-11-19-45(58-53)39-26-29-51-44(32-39)55-52(63-51)22-12-30-57-55/h1-34H. The van der Waals surface area contributed by atoms with Crippen molar-refractivity contribution in [3.63, 3.8) is 0 Å². The van der Waals surface area contributed by atoms with Gasteiger partial charge in [0.25, 0.3) is 0 Å². The van der Waals surface area contributed by atoms with E-state index >= 15 is 0 Å². The van der Waals surface area contributed by atoms with Gasteiger partial charge in [-0.25, -0.2) is 15.0 Å². The highest BCUT2D eigenvalue weighted by Crippen LogP contribution is 2.39. The molecule has 7 heteroatoms. The Labute approximate surface area is 360 Å². The molecule has 0 spiro atoms. The highest BCUT2D eigenvalue weighted by Gasteiger charge is 2.19. The molecule has 0 N–H and O–H groups in total. The largest absolute Gasteiger partial charge is 0.454 e. The zero-order chi connectivity index (χ0) is 41.4. The third kappa shape index (κ3) is 5.67. The molecule has 0 fully saturated rings. The van der Waals surface area contributed by atoms with Crippen molar-refractivity contribution in [2.75, 3.05) is 0 Å². The zero-order valence-corrected chi connectivity index (χ0v) is 33.7. The van der Waals surface area contributed by atoms with E-state index < -0.39 is 0 Å². The van der Waals surface area contributed by atoms with Crippen LogP contribution in [0.4, 0.5) is 0 Å². The first-order valence-corrected chi connectivity index (χ1v) is 21.0. The highest BCUT2D eigenvalue weighted by atomic mass is 16.3. The van der Waals surface area contributed by atoms with Gasteiger partial charge in [0.15, 0.2) is 11.4 Å². The molecule has 0 bridgehead atoms. The lowest BCUT2D eigenvalue weighted by Gasteiger charge is -2.12. The normalized spacial score (nSPS) is 11.8. The molecule has 63 heavy (non-hydrogen) atoms. The summed E-state index contributed by atoms with van der Waals surface area (Å²) in [5.74, 6) is 2.35. The first-order valence-electron chi connectivity index (χ1n) is 21.0. The van der Waals surface area contributed by atoms with Crippen LogP contribution in [0.15, 0.2) is 211 Å². The number of fused-ring (bicyclic) bond motifs is 9. The topological polar surface area (TPSA) is 74.6 Å². The summed E-state index contributed by atoms with van der Waals surface area (Å²) in [5.41, 5.74) is 13.8. The van der Waals surface area contributed by atoms with Crippen LogP contribution in [-0.2, 0) is 0 Å². The van der Waals surface area contributed by atoms with Crippen molar-refractivity contribution in [2.24, 2.45) is 0 Å². The molecule has 0 saturated carbocycles. The van der Waals surface area contributed by atoms with E-state index in [1.807, 2.05) is 42.5 Å². The van der Waals surface area contributed by atoms with Gasteiger partial charge in [0, 0.05) is 55.9 Å². The van der Waals surface area contributed by atoms with Crippen LogP contribution in [0.1, 0.15) is 0 Å². The Balaban J connectivity index is 0.961. The van der Waals surface area contributed by atoms with Crippen molar-refractivity contribution in [3.8, 4) is 56.7 Å². The molecule has 294 valence electrons. The van der Waals surface area contributed by atoms with Gasteiger partial charge in [-0.15, -0.1) is 0 Å². The monoisotopic (exact) mass is 806 g/mol. The van der Waals surface area contributed by atoms with Crippen LogP contribution in [0.25, 0.3) is 122 Å². The molecule has 13 aromatic rings. The molecule has 0 aliphatic heterocycles. The summed E-state index contributed by atoms with van der Waals surface area (Å²) < 4.78 is 10.6. The van der Waals surface area contributed by atoms with E-state index in [1.54, 1.807) is 6.20 Å². The fourth-order valence-electron chi connectivity index (χ4n) is 9.28. The van der Waals surface area contributed by atoms with Gasteiger partial charge in [0.2, 0.25) is 0 Å². The summed E-state index contributed by atoms with van der Waals surface area (Å²) >= 11 is 0. The molecule has 13 rings (SSSR count). The summed E-state index contributed by atoms with van der Waals surface area (Å²) in [7, 11) is 0. The molecule has 0 radical (unpaired) electrons. The SMILES string of the molecule is c1ccc(-c2cc(-n3c4ccccc4c4cc(-c5ccc6c7ccccc7n(-c7cccc(-c8ccc9oc%10cccnc%10c9c8)n7)c6c5)ccc43)nc(-c3ccccc3)n2)cc1. The first kappa shape index (κ1) is 35.1. The van der Waals surface area contributed by atoms with Gasteiger partial charge in [-0.2, -0.15) is 0 Å². The molecule has 7 nitrogen and oxygen atoms in total. The fraction of sp³-hybridized carbons (Fsp3) is 0. The van der Waals surface area contributed by atoms with Gasteiger partial charge in [-0.05, 0) is 83.9 Å². The van der Waals surface area contributed by atoms with Gasteiger partial charge in [0.05, 0.1) is 33.5 Å². The zero-order valence-electron chi connectivity index (χ0n) is 33.7. The molecule has 0 amide bonds. The van der Waals surface area contributed by atoms with Crippen molar-refractivity contribution in [3.05, 3.63) is 206 Å². The van der Waals surface area contributed by atoms with Gasteiger partial charge >= 0.3 is 0 Å². The van der Waals surface area contributed by atoms with Crippen LogP contribution in [-0.4, -0.2) is 29.1 Å². The summed E-state index contributed by atoms with van der Waals surface area (Å²) in [5, 5.41) is 5.63. The van der Waals surface area contributed by atoms with Crippen molar-refractivity contribution in [1.29, 1.82) is 0 Å². The van der Waals surface area contributed by atoms with Crippen LogP contribution < -0.4 is 0 Å². The molecule has 0 saturated heterocycles. The average molecular weight is 807 g/mol. The number of hydrogen-bond donors (Lipinski definition) is 0. The predicted molar refractivity (Wildman–Crippen MR) is 255 cm³/mol. The minimum Gasteiger partial charge on any atom is -0.454 e. The number of nitrogens with zero attached hydrogens (tertiary/aromatic N) is 6. The third-order valence-electron chi connectivity index (χ3n) is 12.2. The van der Waals surface area contributed by atoms with E-state index in [0.29, 0.717) is 5.82 Å². The summed E-state index contributed by atoms with van der Waals surface area (Å²) in [6, 6.07) is 69.7. The van der Waals surface area contributed by atoms with E-state index in [-0.39, 0.29) is 0 Å². The Morgan fingerprint density at radius 1 is 0.333 bits per heavy atom. The molecule has 0 unspecified atom stereocenters. The lowest BCUT2D eigenvalue weighted by molar-refractivity contribution is 0.668. The number of rotatable bonds is 6. The van der Waals surface area contributed by atoms with Crippen LogP contribution in [0.3, 0.4) is 0 Å². The second-order valence-corrected chi connectivity index (χ2v) is 15.9. The van der Waals surface area contributed by atoms with Crippen LogP contribution >= 0.6 is 0 Å². The van der Waals surface area contributed by atoms with Crippen molar-refractivity contribution in [1.82, 2.24) is 29.1 Å². The molecular weight excluding hydrogens is 773 g/mol. The number of hydrogen-bond acceptors (Lipinski definition) is 5. The lowest BCUT2D eigenvalue weighted by atomic mass is 10.0. The molecule has 6 heterocycles. The van der Waals surface area contributed by atoms with Gasteiger partial charge in [0.1, 0.15) is 22.7 Å². The highest BCUT2D eigenvalue weighted by molar-refractivity contribution is 6.12. The maximum absolute atomic E-state index is 6.08. The van der Waals surface area contributed by atoms with Crippen molar-refractivity contribution < 1.29 is 4.42 Å². The van der Waals surface area contributed by atoms with Crippen molar-refractivity contribution in [2.45, 2.75) is 0 Å². The second-order valence-electron chi connectivity index (χ2n) is 15.9. The Kier molecular flexibility index (Phi) is 7.77. The molecule has 7 aromatic carbocycles. The summed E-state index contributed by atoms with van der Waals surface area (Å²) in [4.78, 5) is 20.2. The van der Waals surface area contributed by atoms with E-state index in [4.69, 9.17) is 19.4 Å². The molecule has 0 aliphatic carbocycles. The molecule has 6 aromatic heterocycles. The number of benzene rings is 7. The van der Waals surface area contributed by atoms with Crippen molar-refractivity contribution >= 4 is 65.7 Å². The van der Waals surface area contributed by atoms with Crippen LogP contribution in [0, 0.1) is 0 Å². The number of furan rings is 1. The minimum absolute atomic E-state index is 0.683. The Bertz CT molecular complexity index is 3860. The van der Waals surface area contributed by atoms with Gasteiger partial charge < -0.3 is 4.42 Å². The summed E-state index contributed by atoms with van der Waals surface area (Å²) in [6.45, 7) is 0. The maximum atomic E-state index is 6.08. The maximum Gasteiger partial charge on any atom is 0.162 e. The number of aromatic nitrogens is 6. The lowest BCUT2D eigenvalue weighted by Crippen LogP contribution is -2.02. The Morgan fingerprint density at radius 3 is 1.81 bits per heavy atom. The fourth-order valence-corrected chi connectivity index (χ4v) is 9.28. The van der Waals surface area contributed by atoms with E-state index in [0.717, 1.165) is 106 Å². The summed E-state index contributed by atoms with van der Waals surface area (Å²) in [6.07, 6.45) is 1.80. The Hall–Kier alpha value is -8.68. The predicted octanol–water partition coefficient (Wildman–Crippen LogP) is 14.0.